The van der Waals surface area contributed by atoms with Crippen molar-refractivity contribution in [2.45, 2.75) is 51.1 Å². The van der Waals surface area contributed by atoms with Crippen LogP contribution in [0.4, 0.5) is 26.4 Å². The third-order valence-electron chi connectivity index (χ3n) is 6.35. The van der Waals surface area contributed by atoms with Crippen molar-refractivity contribution >= 4 is 34.7 Å². The van der Waals surface area contributed by atoms with Gasteiger partial charge in [-0.25, -0.2) is 18.7 Å². The Bertz CT molecular complexity index is 1250. The standard InChI is InChI=1S/C23H26F2N8O2/c1-2-14(11-34)29-22-28-10-18-21(32-22)33(15-5-3-13(4-6-15)20(27)35)23(30-18)31-19-16(24)7-12(9-26)8-17(19)25/h7-8,10,13-15,34H,2-6,11H2,1H3,(H2,27,35)(H,30,31)(H,28,29,32). The predicted octanol–water partition coefficient (Wildman–Crippen LogP) is 3.12. The van der Waals surface area contributed by atoms with Crippen molar-refractivity contribution in [1.82, 2.24) is 19.5 Å². The van der Waals surface area contributed by atoms with Gasteiger partial charge in [0.15, 0.2) is 17.3 Å². The number of aromatic nitrogens is 4. The van der Waals surface area contributed by atoms with Gasteiger partial charge in [0.05, 0.1) is 30.5 Å². The summed E-state index contributed by atoms with van der Waals surface area (Å²) in [5.74, 6) is -1.99. The molecule has 2 aromatic heterocycles. The van der Waals surface area contributed by atoms with Crippen LogP contribution in [0, 0.1) is 28.9 Å². The summed E-state index contributed by atoms with van der Waals surface area (Å²) in [6.07, 6.45) is 4.46. The van der Waals surface area contributed by atoms with Gasteiger partial charge in [-0.15, -0.1) is 0 Å². The number of hydrogen-bond donors (Lipinski definition) is 4. The molecule has 3 aromatic rings. The van der Waals surface area contributed by atoms with Crippen molar-refractivity contribution in [3.63, 3.8) is 0 Å². The van der Waals surface area contributed by atoms with Crippen molar-refractivity contribution in [1.29, 1.82) is 5.26 Å². The van der Waals surface area contributed by atoms with Crippen LogP contribution in [0.1, 0.15) is 50.6 Å². The summed E-state index contributed by atoms with van der Waals surface area (Å²) in [4.78, 5) is 25.0. The molecule has 1 aliphatic carbocycles. The van der Waals surface area contributed by atoms with E-state index in [1.807, 2.05) is 6.92 Å². The Morgan fingerprint density at radius 3 is 2.54 bits per heavy atom. The molecule has 0 aliphatic heterocycles. The van der Waals surface area contributed by atoms with Crippen LogP contribution >= 0.6 is 0 Å². The minimum absolute atomic E-state index is 0.0989. The second-order valence-electron chi connectivity index (χ2n) is 8.60. The maximum absolute atomic E-state index is 14.6. The van der Waals surface area contributed by atoms with Crippen LogP contribution in [0.3, 0.4) is 0 Å². The van der Waals surface area contributed by atoms with Gasteiger partial charge < -0.3 is 21.5 Å². The molecule has 1 aromatic carbocycles. The Morgan fingerprint density at radius 2 is 1.97 bits per heavy atom. The smallest absolute Gasteiger partial charge is 0.225 e. The number of carbonyl (C=O) groups excluding carboxylic acids is 1. The van der Waals surface area contributed by atoms with Gasteiger partial charge in [-0.3, -0.25) is 9.36 Å². The molecule has 10 nitrogen and oxygen atoms in total. The molecule has 1 unspecified atom stereocenters. The zero-order valence-corrected chi connectivity index (χ0v) is 19.1. The lowest BCUT2D eigenvalue weighted by Crippen LogP contribution is -2.29. The third kappa shape index (κ3) is 5.00. The van der Waals surface area contributed by atoms with E-state index in [0.717, 1.165) is 12.1 Å². The van der Waals surface area contributed by atoms with Gasteiger partial charge in [0, 0.05) is 12.0 Å². The van der Waals surface area contributed by atoms with Crippen molar-refractivity contribution in [3.8, 4) is 6.07 Å². The molecule has 1 aliphatic rings. The molecule has 1 atom stereocenters. The number of fused-ring (bicyclic) bond motifs is 1. The summed E-state index contributed by atoms with van der Waals surface area (Å²) in [7, 11) is 0. The topological polar surface area (TPSA) is 155 Å². The first-order chi connectivity index (χ1) is 16.8. The van der Waals surface area contributed by atoms with E-state index in [-0.39, 0.29) is 48.0 Å². The molecular weight excluding hydrogens is 458 g/mol. The monoisotopic (exact) mass is 484 g/mol. The molecular formula is C23H26F2N8O2. The maximum atomic E-state index is 14.6. The number of aliphatic hydroxyl groups excluding tert-OH is 1. The molecule has 1 saturated carbocycles. The van der Waals surface area contributed by atoms with E-state index in [1.165, 1.54) is 6.20 Å². The number of nitriles is 1. The molecule has 1 amide bonds. The molecule has 4 rings (SSSR count). The summed E-state index contributed by atoms with van der Waals surface area (Å²) in [6, 6.07) is 3.20. The highest BCUT2D eigenvalue weighted by atomic mass is 19.1. The Labute approximate surface area is 200 Å². The Balaban J connectivity index is 1.77. The quantitative estimate of drug-likeness (QED) is 0.380. The Kier molecular flexibility index (Phi) is 7.07. The molecule has 0 saturated heterocycles. The van der Waals surface area contributed by atoms with Gasteiger partial charge in [-0.05, 0) is 44.2 Å². The highest BCUT2D eigenvalue weighted by molar-refractivity contribution is 5.78. The number of halogens is 2. The van der Waals surface area contributed by atoms with Crippen LogP contribution < -0.4 is 16.4 Å². The molecule has 35 heavy (non-hydrogen) atoms. The van der Waals surface area contributed by atoms with Crippen molar-refractivity contribution < 1.29 is 18.7 Å². The van der Waals surface area contributed by atoms with E-state index in [9.17, 15) is 18.7 Å². The zero-order valence-electron chi connectivity index (χ0n) is 19.1. The molecule has 184 valence electrons. The first-order valence-corrected chi connectivity index (χ1v) is 11.4. The van der Waals surface area contributed by atoms with Crippen LogP contribution in [0.25, 0.3) is 11.2 Å². The van der Waals surface area contributed by atoms with Gasteiger partial charge in [0.1, 0.15) is 11.2 Å². The van der Waals surface area contributed by atoms with E-state index in [0.29, 0.717) is 43.3 Å². The maximum Gasteiger partial charge on any atom is 0.225 e. The lowest BCUT2D eigenvalue weighted by molar-refractivity contribution is -0.122. The molecule has 12 heteroatoms. The van der Waals surface area contributed by atoms with E-state index in [4.69, 9.17) is 11.0 Å². The normalized spacial score (nSPS) is 18.7. The van der Waals surface area contributed by atoms with Crippen molar-refractivity contribution in [2.24, 2.45) is 11.7 Å². The second kappa shape index (κ2) is 10.2. The molecule has 0 radical (unpaired) electrons. The number of hydrogen-bond acceptors (Lipinski definition) is 8. The predicted molar refractivity (Wildman–Crippen MR) is 125 cm³/mol. The first-order valence-electron chi connectivity index (χ1n) is 11.4. The number of primary amides is 1. The van der Waals surface area contributed by atoms with Crippen LogP contribution in [0.5, 0.6) is 0 Å². The van der Waals surface area contributed by atoms with Crippen LogP contribution in [-0.2, 0) is 4.79 Å². The third-order valence-corrected chi connectivity index (χ3v) is 6.35. The van der Waals surface area contributed by atoms with Crippen molar-refractivity contribution in [3.05, 3.63) is 35.5 Å². The van der Waals surface area contributed by atoms with E-state index in [2.05, 4.69) is 25.6 Å². The number of nitrogens with zero attached hydrogens (tertiary/aromatic N) is 5. The molecule has 2 heterocycles. The number of aliphatic hydroxyl groups is 1. The number of amides is 1. The highest BCUT2D eigenvalue weighted by Crippen LogP contribution is 2.37. The fourth-order valence-electron chi connectivity index (χ4n) is 4.34. The van der Waals surface area contributed by atoms with Crippen molar-refractivity contribution in [2.75, 3.05) is 17.2 Å². The lowest BCUT2D eigenvalue weighted by Gasteiger charge is -2.29. The van der Waals surface area contributed by atoms with Crippen LogP contribution in [-0.4, -0.2) is 43.2 Å². The summed E-state index contributed by atoms with van der Waals surface area (Å²) >= 11 is 0. The summed E-state index contributed by atoms with van der Waals surface area (Å²) < 4.78 is 31.0. The number of imidazole rings is 1. The minimum atomic E-state index is -0.931. The van der Waals surface area contributed by atoms with E-state index >= 15 is 0 Å². The van der Waals surface area contributed by atoms with Gasteiger partial charge >= 0.3 is 0 Å². The van der Waals surface area contributed by atoms with Gasteiger partial charge in [-0.1, -0.05) is 6.92 Å². The molecule has 5 N–H and O–H groups in total. The van der Waals surface area contributed by atoms with Gasteiger partial charge in [0.25, 0.3) is 0 Å². The van der Waals surface area contributed by atoms with E-state index < -0.39 is 17.3 Å². The Morgan fingerprint density at radius 1 is 1.29 bits per heavy atom. The number of anilines is 3. The number of rotatable bonds is 8. The number of nitrogens with one attached hydrogen (secondary N) is 2. The average molecular weight is 485 g/mol. The number of benzene rings is 1. The number of carbonyl (C=O) groups is 1. The minimum Gasteiger partial charge on any atom is -0.394 e. The Hall–Kier alpha value is -3.85. The van der Waals surface area contributed by atoms with Gasteiger partial charge in [-0.2, -0.15) is 10.2 Å². The molecule has 1 fully saturated rings. The fraction of sp³-hybridized carbons (Fsp3) is 0.435. The molecule has 0 spiro atoms. The largest absolute Gasteiger partial charge is 0.394 e. The summed E-state index contributed by atoms with van der Waals surface area (Å²) in [5.41, 5.74) is 5.74. The summed E-state index contributed by atoms with van der Waals surface area (Å²) in [6.45, 7) is 1.81. The number of nitrogens with two attached hydrogens (primary N) is 1. The SMILES string of the molecule is CCC(CO)Nc1ncc2nc(Nc3c(F)cc(C#N)cc3F)n(C3CCC(C(N)=O)CC3)c2n1. The average Bonchev–Trinajstić information content (AvgIpc) is 3.21. The summed E-state index contributed by atoms with van der Waals surface area (Å²) in [5, 5.41) is 24.3. The second-order valence-corrected chi connectivity index (χ2v) is 8.60. The first kappa shape index (κ1) is 24.3. The van der Waals surface area contributed by atoms with Gasteiger partial charge in [0.2, 0.25) is 17.8 Å². The molecule has 0 bridgehead atoms. The van der Waals surface area contributed by atoms with Crippen LogP contribution in [0.15, 0.2) is 18.3 Å². The van der Waals surface area contributed by atoms with E-state index in [1.54, 1.807) is 10.6 Å². The zero-order chi connectivity index (χ0) is 25.1. The highest BCUT2D eigenvalue weighted by Gasteiger charge is 2.29. The van der Waals surface area contributed by atoms with Crippen LogP contribution in [0.2, 0.25) is 0 Å². The fourth-order valence-corrected chi connectivity index (χ4v) is 4.34. The lowest BCUT2D eigenvalue weighted by atomic mass is 9.85.